The summed E-state index contributed by atoms with van der Waals surface area (Å²) >= 11 is 0. The van der Waals surface area contributed by atoms with Crippen LogP contribution in [0.4, 0.5) is 0 Å². The molecule has 0 radical (unpaired) electrons. The average molecular weight is 202 g/mol. The van der Waals surface area contributed by atoms with Gasteiger partial charge in [-0.2, -0.15) is 0 Å². The summed E-state index contributed by atoms with van der Waals surface area (Å²) in [6.45, 7) is 0. The standard InChI is InChI=1S/C11H10N2O2/c1-15-10-7-12-6-4-8(10)11(14)9-3-2-5-13-9/h2-7,13H,1H3. The molecule has 0 aliphatic carbocycles. The molecule has 2 aromatic rings. The summed E-state index contributed by atoms with van der Waals surface area (Å²) in [6, 6.07) is 5.14. The zero-order chi connectivity index (χ0) is 10.7. The van der Waals surface area contributed by atoms with Crippen LogP contribution in [0.25, 0.3) is 0 Å². The summed E-state index contributed by atoms with van der Waals surface area (Å²) in [5.41, 5.74) is 1.05. The highest BCUT2D eigenvalue weighted by Gasteiger charge is 2.14. The maximum Gasteiger partial charge on any atom is 0.213 e. The van der Waals surface area contributed by atoms with E-state index in [1.807, 2.05) is 0 Å². The Labute approximate surface area is 86.9 Å². The van der Waals surface area contributed by atoms with Gasteiger partial charge in [-0.25, -0.2) is 0 Å². The smallest absolute Gasteiger partial charge is 0.213 e. The van der Waals surface area contributed by atoms with Crippen molar-refractivity contribution in [2.24, 2.45) is 0 Å². The van der Waals surface area contributed by atoms with Gasteiger partial charge in [0, 0.05) is 12.4 Å². The molecule has 2 heterocycles. The largest absolute Gasteiger partial charge is 0.494 e. The zero-order valence-corrected chi connectivity index (χ0v) is 8.23. The highest BCUT2D eigenvalue weighted by molar-refractivity contribution is 6.09. The van der Waals surface area contributed by atoms with E-state index in [0.717, 1.165) is 0 Å². The fourth-order valence-corrected chi connectivity index (χ4v) is 1.35. The maximum atomic E-state index is 11.9. The van der Waals surface area contributed by atoms with Gasteiger partial charge in [0.05, 0.1) is 24.6 Å². The second-order valence-electron chi connectivity index (χ2n) is 2.99. The number of aromatic amines is 1. The molecule has 0 saturated heterocycles. The third kappa shape index (κ3) is 1.74. The van der Waals surface area contributed by atoms with E-state index < -0.39 is 0 Å². The van der Waals surface area contributed by atoms with Crippen LogP contribution in [0.15, 0.2) is 36.8 Å². The van der Waals surface area contributed by atoms with Crippen molar-refractivity contribution in [2.45, 2.75) is 0 Å². The molecule has 15 heavy (non-hydrogen) atoms. The van der Waals surface area contributed by atoms with E-state index >= 15 is 0 Å². The second-order valence-corrected chi connectivity index (χ2v) is 2.99. The number of hydrogen-bond acceptors (Lipinski definition) is 3. The topological polar surface area (TPSA) is 55.0 Å². The highest BCUT2D eigenvalue weighted by atomic mass is 16.5. The van der Waals surface area contributed by atoms with Crippen molar-refractivity contribution in [3.63, 3.8) is 0 Å². The molecule has 1 N–H and O–H groups in total. The van der Waals surface area contributed by atoms with E-state index in [0.29, 0.717) is 17.0 Å². The van der Waals surface area contributed by atoms with E-state index in [9.17, 15) is 4.79 Å². The van der Waals surface area contributed by atoms with Gasteiger partial charge in [-0.15, -0.1) is 0 Å². The lowest BCUT2D eigenvalue weighted by Crippen LogP contribution is -2.04. The van der Waals surface area contributed by atoms with Crippen LogP contribution in [-0.4, -0.2) is 22.9 Å². The molecule has 2 rings (SSSR count). The highest BCUT2D eigenvalue weighted by Crippen LogP contribution is 2.18. The molecule has 0 aromatic carbocycles. The summed E-state index contributed by atoms with van der Waals surface area (Å²) in [4.78, 5) is 18.7. The van der Waals surface area contributed by atoms with Crippen molar-refractivity contribution in [1.82, 2.24) is 9.97 Å². The summed E-state index contributed by atoms with van der Waals surface area (Å²) in [5.74, 6) is 0.386. The first-order valence-corrected chi connectivity index (χ1v) is 4.49. The molecule has 0 spiro atoms. The van der Waals surface area contributed by atoms with Gasteiger partial charge in [-0.3, -0.25) is 9.78 Å². The van der Waals surface area contributed by atoms with Gasteiger partial charge >= 0.3 is 0 Å². The zero-order valence-electron chi connectivity index (χ0n) is 8.23. The molecular formula is C11H10N2O2. The number of carbonyl (C=O) groups excluding carboxylic acids is 1. The first-order valence-electron chi connectivity index (χ1n) is 4.49. The van der Waals surface area contributed by atoms with Gasteiger partial charge in [0.1, 0.15) is 5.75 Å². The van der Waals surface area contributed by atoms with Crippen LogP contribution in [0.1, 0.15) is 16.1 Å². The number of ketones is 1. The van der Waals surface area contributed by atoms with Crippen LogP contribution in [0.2, 0.25) is 0 Å². The van der Waals surface area contributed by atoms with E-state index in [-0.39, 0.29) is 5.78 Å². The van der Waals surface area contributed by atoms with Gasteiger partial charge in [0.25, 0.3) is 0 Å². The van der Waals surface area contributed by atoms with Gasteiger partial charge in [-0.1, -0.05) is 0 Å². The SMILES string of the molecule is COc1cnccc1C(=O)c1ccc[nH]1. The van der Waals surface area contributed by atoms with Crippen LogP contribution < -0.4 is 4.74 Å². The lowest BCUT2D eigenvalue weighted by molar-refractivity contribution is 0.103. The minimum absolute atomic E-state index is 0.0979. The van der Waals surface area contributed by atoms with E-state index in [1.165, 1.54) is 13.3 Å². The normalized spacial score (nSPS) is 9.93. The Morgan fingerprint density at radius 3 is 3.00 bits per heavy atom. The number of carbonyl (C=O) groups is 1. The Morgan fingerprint density at radius 1 is 1.47 bits per heavy atom. The molecule has 4 nitrogen and oxygen atoms in total. The molecule has 0 fully saturated rings. The van der Waals surface area contributed by atoms with Crippen molar-refractivity contribution >= 4 is 5.78 Å². The minimum Gasteiger partial charge on any atom is -0.494 e. The average Bonchev–Trinajstić information content (AvgIpc) is 2.81. The number of nitrogens with one attached hydrogen (secondary N) is 1. The number of nitrogens with zero attached hydrogens (tertiary/aromatic N) is 1. The summed E-state index contributed by atoms with van der Waals surface area (Å²) in [5, 5.41) is 0. The Kier molecular flexibility index (Phi) is 2.49. The molecule has 0 aliphatic heterocycles. The van der Waals surface area contributed by atoms with Gasteiger partial charge in [-0.05, 0) is 18.2 Å². The Hall–Kier alpha value is -2.10. The number of H-pyrrole nitrogens is 1. The number of hydrogen-bond donors (Lipinski definition) is 1. The molecule has 0 aliphatic rings. The molecule has 0 atom stereocenters. The number of ether oxygens (including phenoxy) is 1. The lowest BCUT2D eigenvalue weighted by atomic mass is 10.1. The molecule has 0 bridgehead atoms. The van der Waals surface area contributed by atoms with Crippen molar-refractivity contribution in [3.05, 3.63) is 48.0 Å². The maximum absolute atomic E-state index is 11.9. The number of rotatable bonds is 3. The van der Waals surface area contributed by atoms with Crippen molar-refractivity contribution < 1.29 is 9.53 Å². The fourth-order valence-electron chi connectivity index (χ4n) is 1.35. The summed E-state index contributed by atoms with van der Waals surface area (Å²) in [6.07, 6.45) is 4.80. The molecular weight excluding hydrogens is 192 g/mol. The third-order valence-corrected chi connectivity index (χ3v) is 2.09. The molecule has 0 unspecified atom stereocenters. The lowest BCUT2D eigenvalue weighted by Gasteiger charge is -2.04. The number of methoxy groups -OCH3 is 1. The van der Waals surface area contributed by atoms with Gasteiger partial charge in [0.15, 0.2) is 0 Å². The Morgan fingerprint density at radius 2 is 2.33 bits per heavy atom. The summed E-state index contributed by atoms with van der Waals surface area (Å²) < 4.78 is 5.07. The molecule has 76 valence electrons. The van der Waals surface area contributed by atoms with Gasteiger partial charge in [0.2, 0.25) is 5.78 Å². The first-order chi connectivity index (χ1) is 7.33. The second kappa shape index (κ2) is 3.96. The first kappa shape index (κ1) is 9.45. The quantitative estimate of drug-likeness (QED) is 0.770. The predicted octanol–water partition coefficient (Wildman–Crippen LogP) is 1.65. The molecule has 0 saturated carbocycles. The van der Waals surface area contributed by atoms with Crippen LogP contribution in [0.3, 0.4) is 0 Å². The van der Waals surface area contributed by atoms with Crippen LogP contribution in [0.5, 0.6) is 5.75 Å². The van der Waals surface area contributed by atoms with E-state index in [2.05, 4.69) is 9.97 Å². The third-order valence-electron chi connectivity index (χ3n) is 2.09. The molecule has 2 aromatic heterocycles. The van der Waals surface area contributed by atoms with Crippen LogP contribution in [0, 0.1) is 0 Å². The van der Waals surface area contributed by atoms with E-state index in [4.69, 9.17) is 4.74 Å². The monoisotopic (exact) mass is 202 g/mol. The van der Waals surface area contributed by atoms with Crippen LogP contribution >= 0.6 is 0 Å². The van der Waals surface area contributed by atoms with Crippen LogP contribution in [-0.2, 0) is 0 Å². The Balaban J connectivity index is 2.42. The number of pyridine rings is 1. The predicted molar refractivity (Wildman–Crippen MR) is 55.0 cm³/mol. The van der Waals surface area contributed by atoms with Crippen molar-refractivity contribution in [2.75, 3.05) is 7.11 Å². The molecule has 0 amide bonds. The minimum atomic E-state index is -0.0979. The van der Waals surface area contributed by atoms with E-state index in [1.54, 1.807) is 30.6 Å². The van der Waals surface area contributed by atoms with Crippen molar-refractivity contribution in [1.29, 1.82) is 0 Å². The summed E-state index contributed by atoms with van der Waals surface area (Å²) in [7, 11) is 1.52. The fraction of sp³-hybridized carbons (Fsp3) is 0.0909. The van der Waals surface area contributed by atoms with Gasteiger partial charge < -0.3 is 9.72 Å². The number of aromatic nitrogens is 2. The molecule has 4 heteroatoms. The Bertz CT molecular complexity index is 463. The van der Waals surface area contributed by atoms with Crippen molar-refractivity contribution in [3.8, 4) is 5.75 Å².